The quantitative estimate of drug-likeness (QED) is 0.583. The summed E-state index contributed by atoms with van der Waals surface area (Å²) in [5.74, 6) is -0.517. The molecule has 6 heteroatoms. The molecule has 0 saturated carbocycles. The van der Waals surface area contributed by atoms with Crippen LogP contribution in [0.3, 0.4) is 0 Å². The van der Waals surface area contributed by atoms with Gasteiger partial charge in [0.25, 0.3) is 10.1 Å². The Kier molecular flexibility index (Phi) is 5.34. The Morgan fingerprint density at radius 1 is 1.36 bits per heavy atom. The van der Waals surface area contributed by atoms with E-state index in [9.17, 15) is 8.42 Å². The minimum atomic E-state index is -4.06. The number of benzene rings is 1. The van der Waals surface area contributed by atoms with Crippen molar-refractivity contribution < 1.29 is 13.0 Å². The molecule has 0 bridgehead atoms. The molecule has 0 atom stereocenters. The molecule has 0 unspecified atom stereocenters. The van der Waals surface area contributed by atoms with Gasteiger partial charge in [-0.3, -0.25) is 4.55 Å². The molecule has 0 saturated heterocycles. The zero-order chi connectivity index (χ0) is 9.90. The predicted octanol–water partition coefficient (Wildman–Crippen LogP) is 0.565. The van der Waals surface area contributed by atoms with Crippen molar-refractivity contribution >= 4 is 39.7 Å². The summed E-state index contributed by atoms with van der Waals surface area (Å²) < 4.78 is 29.6. The molecule has 0 spiro atoms. The standard InChI is InChI=1S/C8H7NO3S.Na/c9-5-7-3-1-2-4-8(7)6-13(10,11)12;/h1-4H,6H2,(H,10,11,12);. The summed E-state index contributed by atoms with van der Waals surface area (Å²) in [4.78, 5) is 0. The van der Waals surface area contributed by atoms with Crippen molar-refractivity contribution in [2.75, 3.05) is 0 Å². The van der Waals surface area contributed by atoms with Crippen LogP contribution in [-0.2, 0) is 15.9 Å². The van der Waals surface area contributed by atoms with Gasteiger partial charge < -0.3 is 0 Å². The van der Waals surface area contributed by atoms with E-state index in [4.69, 9.17) is 9.81 Å². The third-order valence-electron chi connectivity index (χ3n) is 1.48. The van der Waals surface area contributed by atoms with Crippen molar-refractivity contribution in [1.82, 2.24) is 0 Å². The monoisotopic (exact) mass is 220 g/mol. The molecular weight excluding hydrogens is 213 g/mol. The second-order valence-corrected chi connectivity index (χ2v) is 3.95. The Morgan fingerprint density at radius 2 is 1.93 bits per heavy atom. The summed E-state index contributed by atoms with van der Waals surface area (Å²) in [7, 11) is -4.06. The molecule has 1 N–H and O–H groups in total. The van der Waals surface area contributed by atoms with Gasteiger partial charge in [0.2, 0.25) is 0 Å². The predicted molar refractivity (Wildman–Crippen MR) is 52.2 cm³/mol. The maximum atomic E-state index is 10.5. The van der Waals surface area contributed by atoms with Crippen molar-refractivity contribution in [1.29, 1.82) is 5.26 Å². The molecule has 0 amide bonds. The summed E-state index contributed by atoms with van der Waals surface area (Å²) in [6, 6.07) is 8.08. The van der Waals surface area contributed by atoms with Gasteiger partial charge in [-0.2, -0.15) is 13.7 Å². The number of hydrogen-bond acceptors (Lipinski definition) is 3. The van der Waals surface area contributed by atoms with Crippen LogP contribution in [0, 0.1) is 11.3 Å². The van der Waals surface area contributed by atoms with Crippen molar-refractivity contribution in [3.05, 3.63) is 35.4 Å². The van der Waals surface area contributed by atoms with E-state index in [0.717, 1.165) is 0 Å². The summed E-state index contributed by atoms with van der Waals surface area (Å²) in [6.45, 7) is 0. The van der Waals surface area contributed by atoms with Gasteiger partial charge in [0.05, 0.1) is 11.6 Å². The van der Waals surface area contributed by atoms with E-state index in [2.05, 4.69) is 0 Å². The van der Waals surface area contributed by atoms with Crippen LogP contribution in [0.1, 0.15) is 11.1 Å². The van der Waals surface area contributed by atoms with E-state index in [-0.39, 0.29) is 35.1 Å². The Balaban J connectivity index is 0.00000169. The zero-order valence-corrected chi connectivity index (χ0v) is 10.5. The fourth-order valence-corrected chi connectivity index (χ4v) is 1.60. The molecular formula is C8H7NNaO3S. The molecule has 0 aliphatic heterocycles. The minimum Gasteiger partial charge on any atom is -0.285 e. The first-order valence-corrected chi connectivity index (χ1v) is 5.07. The molecule has 0 aliphatic carbocycles. The van der Waals surface area contributed by atoms with Crippen LogP contribution >= 0.6 is 0 Å². The maximum absolute atomic E-state index is 10.5. The largest absolute Gasteiger partial charge is 0.285 e. The first kappa shape index (κ1) is 13.6. The molecule has 1 aromatic rings. The van der Waals surface area contributed by atoms with Crippen molar-refractivity contribution in [2.24, 2.45) is 0 Å². The summed E-state index contributed by atoms with van der Waals surface area (Å²) in [5.41, 5.74) is 0.577. The van der Waals surface area contributed by atoms with Crippen LogP contribution < -0.4 is 0 Å². The molecule has 1 rings (SSSR count). The number of hydrogen-bond donors (Lipinski definition) is 1. The maximum Gasteiger partial charge on any atom is 0.269 e. The summed E-state index contributed by atoms with van der Waals surface area (Å²) in [6.07, 6.45) is 0. The van der Waals surface area contributed by atoms with Crippen LogP contribution in [0.4, 0.5) is 0 Å². The Morgan fingerprint density at radius 3 is 2.43 bits per heavy atom. The fourth-order valence-electron chi connectivity index (χ4n) is 0.952. The Bertz CT molecular complexity index is 450. The van der Waals surface area contributed by atoms with Crippen LogP contribution in [0.25, 0.3) is 0 Å². The third-order valence-corrected chi connectivity index (χ3v) is 2.15. The van der Waals surface area contributed by atoms with Gasteiger partial charge >= 0.3 is 0 Å². The molecule has 0 fully saturated rings. The summed E-state index contributed by atoms with van der Waals surface area (Å²) in [5, 5.41) is 8.59. The SMILES string of the molecule is N#Cc1ccccc1CS(=O)(=O)O.[Na]. The second-order valence-electron chi connectivity index (χ2n) is 2.50. The second kappa shape index (κ2) is 5.49. The van der Waals surface area contributed by atoms with E-state index >= 15 is 0 Å². The topological polar surface area (TPSA) is 78.2 Å². The molecule has 0 heterocycles. The van der Waals surface area contributed by atoms with Gasteiger partial charge in [-0.25, -0.2) is 0 Å². The smallest absolute Gasteiger partial charge is 0.269 e. The average Bonchev–Trinajstić information content (AvgIpc) is 2.02. The molecule has 0 aliphatic rings. The molecule has 0 aromatic heterocycles. The van der Waals surface area contributed by atoms with Gasteiger partial charge in [-0.1, -0.05) is 18.2 Å². The molecule has 1 radical (unpaired) electrons. The molecule has 1 aromatic carbocycles. The van der Waals surface area contributed by atoms with Gasteiger partial charge in [0.1, 0.15) is 5.75 Å². The third kappa shape index (κ3) is 4.22. The van der Waals surface area contributed by atoms with Crippen molar-refractivity contribution in [3.8, 4) is 6.07 Å². The Hall–Kier alpha value is -0.380. The molecule has 14 heavy (non-hydrogen) atoms. The molecule has 4 nitrogen and oxygen atoms in total. The van der Waals surface area contributed by atoms with Gasteiger partial charge in [0.15, 0.2) is 0 Å². The number of nitriles is 1. The van der Waals surface area contributed by atoms with E-state index in [1.54, 1.807) is 12.1 Å². The van der Waals surface area contributed by atoms with Crippen LogP contribution in [0.5, 0.6) is 0 Å². The van der Waals surface area contributed by atoms with Gasteiger partial charge in [-0.15, -0.1) is 0 Å². The number of nitrogens with zero attached hydrogens (tertiary/aromatic N) is 1. The zero-order valence-electron chi connectivity index (χ0n) is 7.64. The Labute approximate surface area is 105 Å². The van der Waals surface area contributed by atoms with E-state index in [1.165, 1.54) is 12.1 Å². The first-order chi connectivity index (χ1) is 6.03. The van der Waals surface area contributed by atoms with E-state index in [1.807, 2.05) is 6.07 Å². The summed E-state index contributed by atoms with van der Waals surface area (Å²) >= 11 is 0. The van der Waals surface area contributed by atoms with Gasteiger partial charge in [0, 0.05) is 29.6 Å². The average molecular weight is 220 g/mol. The van der Waals surface area contributed by atoms with Crippen molar-refractivity contribution in [2.45, 2.75) is 5.75 Å². The van der Waals surface area contributed by atoms with Gasteiger partial charge in [-0.05, 0) is 11.6 Å². The first-order valence-electron chi connectivity index (χ1n) is 3.46. The van der Waals surface area contributed by atoms with E-state index < -0.39 is 15.9 Å². The normalized spacial score (nSPS) is 10.0. The minimum absolute atomic E-state index is 0. The van der Waals surface area contributed by atoms with Crippen LogP contribution in [0.15, 0.2) is 24.3 Å². The number of rotatable bonds is 2. The fraction of sp³-hybridized carbons (Fsp3) is 0.125. The molecule has 69 valence electrons. The van der Waals surface area contributed by atoms with E-state index in [0.29, 0.717) is 5.56 Å². The van der Waals surface area contributed by atoms with Crippen LogP contribution in [-0.4, -0.2) is 42.5 Å². The van der Waals surface area contributed by atoms with Crippen molar-refractivity contribution in [3.63, 3.8) is 0 Å². The van der Waals surface area contributed by atoms with Crippen LogP contribution in [0.2, 0.25) is 0 Å².